The van der Waals surface area contributed by atoms with Crippen LogP contribution in [-0.2, 0) is 9.59 Å². The molecule has 4 nitrogen and oxygen atoms in total. The molecule has 2 fully saturated rings. The van der Waals surface area contributed by atoms with Gasteiger partial charge in [0.2, 0.25) is 11.8 Å². The first-order valence-electron chi connectivity index (χ1n) is 8.55. The van der Waals surface area contributed by atoms with E-state index in [0.29, 0.717) is 13.0 Å². The van der Waals surface area contributed by atoms with Crippen molar-refractivity contribution < 1.29 is 9.59 Å². The van der Waals surface area contributed by atoms with Gasteiger partial charge in [-0.05, 0) is 30.6 Å². The second-order valence-corrected chi connectivity index (χ2v) is 7.29. The molecule has 0 aromatic carbocycles. The Labute approximate surface area is 128 Å². The van der Waals surface area contributed by atoms with Crippen LogP contribution in [0.2, 0.25) is 0 Å². The van der Waals surface area contributed by atoms with Crippen LogP contribution in [-0.4, -0.2) is 35.8 Å². The molecule has 0 aromatic heterocycles. The van der Waals surface area contributed by atoms with Crippen LogP contribution >= 0.6 is 0 Å². The van der Waals surface area contributed by atoms with E-state index in [0.717, 1.165) is 24.8 Å². The van der Waals surface area contributed by atoms with Crippen LogP contribution in [0.3, 0.4) is 0 Å². The van der Waals surface area contributed by atoms with Gasteiger partial charge in [0.25, 0.3) is 0 Å². The average Bonchev–Trinajstić information content (AvgIpc) is 2.57. The van der Waals surface area contributed by atoms with Gasteiger partial charge in [0.15, 0.2) is 0 Å². The minimum atomic E-state index is -0.342. The fourth-order valence-electron chi connectivity index (χ4n) is 3.68. The number of nitrogens with zero attached hydrogens (tertiary/aromatic N) is 1. The van der Waals surface area contributed by atoms with Gasteiger partial charge < -0.3 is 10.2 Å². The quantitative estimate of drug-likeness (QED) is 0.866. The summed E-state index contributed by atoms with van der Waals surface area (Å²) < 4.78 is 0. The molecule has 21 heavy (non-hydrogen) atoms. The van der Waals surface area contributed by atoms with Gasteiger partial charge >= 0.3 is 0 Å². The normalized spacial score (nSPS) is 31.2. The molecule has 0 bridgehead atoms. The molecule has 1 N–H and O–H groups in total. The summed E-state index contributed by atoms with van der Waals surface area (Å²) in [5.74, 6) is 1.86. The van der Waals surface area contributed by atoms with Crippen LogP contribution in [0, 0.1) is 17.8 Å². The average molecular weight is 294 g/mol. The van der Waals surface area contributed by atoms with Crippen molar-refractivity contribution >= 4 is 11.8 Å². The number of rotatable bonds is 4. The molecule has 1 saturated carbocycles. The van der Waals surface area contributed by atoms with Crippen molar-refractivity contribution in [3.8, 4) is 0 Å². The molecule has 2 rings (SSSR count). The van der Waals surface area contributed by atoms with Gasteiger partial charge in [-0.25, -0.2) is 0 Å². The lowest BCUT2D eigenvalue weighted by atomic mass is 9.81. The third-order valence-electron chi connectivity index (χ3n) is 5.02. The molecule has 4 heteroatoms. The highest BCUT2D eigenvalue weighted by Crippen LogP contribution is 2.31. The van der Waals surface area contributed by atoms with Crippen LogP contribution in [0.25, 0.3) is 0 Å². The summed E-state index contributed by atoms with van der Waals surface area (Å²) in [5.41, 5.74) is 0. The van der Waals surface area contributed by atoms with Crippen molar-refractivity contribution in [2.75, 3.05) is 13.1 Å². The summed E-state index contributed by atoms with van der Waals surface area (Å²) in [6, 6.07) is -0.342. The topological polar surface area (TPSA) is 49.4 Å². The highest BCUT2D eigenvalue weighted by atomic mass is 16.2. The summed E-state index contributed by atoms with van der Waals surface area (Å²) in [5, 5.41) is 2.87. The molecule has 120 valence electrons. The van der Waals surface area contributed by atoms with Gasteiger partial charge in [-0.15, -0.1) is 0 Å². The van der Waals surface area contributed by atoms with Gasteiger partial charge in [0.1, 0.15) is 6.04 Å². The fourth-order valence-corrected chi connectivity index (χ4v) is 3.68. The van der Waals surface area contributed by atoms with Crippen LogP contribution in [0.1, 0.15) is 59.3 Å². The van der Waals surface area contributed by atoms with Gasteiger partial charge in [-0.2, -0.15) is 0 Å². The van der Waals surface area contributed by atoms with Crippen molar-refractivity contribution in [1.82, 2.24) is 10.2 Å². The Morgan fingerprint density at radius 3 is 2.71 bits per heavy atom. The highest BCUT2D eigenvalue weighted by Gasteiger charge is 2.32. The molecule has 1 aliphatic heterocycles. The molecule has 0 radical (unpaired) electrons. The maximum atomic E-state index is 12.6. The Bertz CT molecular complexity index is 381. The van der Waals surface area contributed by atoms with E-state index < -0.39 is 0 Å². The standard InChI is InChI=1S/C17H30N2O2/c1-12(2)16-17(21)19(10-8-15(20)18-16)9-7-14-6-4-5-13(3)11-14/h12-14,16H,4-11H2,1-3H3,(H,18,20). The van der Waals surface area contributed by atoms with E-state index in [1.807, 2.05) is 18.7 Å². The Morgan fingerprint density at radius 1 is 1.29 bits per heavy atom. The Kier molecular flexibility index (Phi) is 5.65. The zero-order valence-electron chi connectivity index (χ0n) is 13.7. The third-order valence-corrected chi connectivity index (χ3v) is 5.02. The van der Waals surface area contributed by atoms with Crippen LogP contribution < -0.4 is 5.32 Å². The molecular formula is C17H30N2O2. The molecule has 1 aliphatic carbocycles. The van der Waals surface area contributed by atoms with Crippen molar-refractivity contribution in [3.05, 3.63) is 0 Å². The van der Waals surface area contributed by atoms with E-state index >= 15 is 0 Å². The first kappa shape index (κ1) is 16.3. The lowest BCUT2D eigenvalue weighted by molar-refractivity contribution is -0.134. The van der Waals surface area contributed by atoms with E-state index in [4.69, 9.17) is 0 Å². The lowest BCUT2D eigenvalue weighted by Crippen LogP contribution is -2.48. The molecule has 2 aliphatic rings. The Hall–Kier alpha value is -1.06. The molecule has 1 saturated heterocycles. The first-order valence-corrected chi connectivity index (χ1v) is 8.55. The van der Waals surface area contributed by atoms with Gasteiger partial charge in [-0.3, -0.25) is 9.59 Å². The Balaban J connectivity index is 1.91. The smallest absolute Gasteiger partial charge is 0.245 e. The van der Waals surface area contributed by atoms with E-state index in [1.54, 1.807) is 0 Å². The third kappa shape index (κ3) is 4.45. The zero-order valence-corrected chi connectivity index (χ0v) is 13.7. The molecule has 0 aromatic rings. The number of carbonyl (C=O) groups excluding carboxylic acids is 2. The summed E-state index contributed by atoms with van der Waals surface area (Å²) in [4.78, 5) is 26.2. The first-order chi connectivity index (χ1) is 9.97. The van der Waals surface area contributed by atoms with Crippen molar-refractivity contribution in [2.24, 2.45) is 17.8 Å². The predicted molar refractivity (Wildman–Crippen MR) is 83.7 cm³/mol. The molecule has 2 amide bonds. The van der Waals surface area contributed by atoms with Crippen molar-refractivity contribution in [2.45, 2.75) is 65.3 Å². The number of nitrogens with one attached hydrogen (secondary N) is 1. The summed E-state index contributed by atoms with van der Waals surface area (Å²) in [6.07, 6.45) is 6.82. The molecular weight excluding hydrogens is 264 g/mol. The molecule has 3 atom stereocenters. The maximum absolute atomic E-state index is 12.6. The predicted octanol–water partition coefficient (Wildman–Crippen LogP) is 2.58. The summed E-state index contributed by atoms with van der Waals surface area (Å²) in [7, 11) is 0. The number of carbonyl (C=O) groups is 2. The van der Waals surface area contributed by atoms with Crippen LogP contribution in [0.5, 0.6) is 0 Å². The van der Waals surface area contributed by atoms with Gasteiger partial charge in [0, 0.05) is 19.5 Å². The van der Waals surface area contributed by atoms with E-state index in [1.165, 1.54) is 25.7 Å². The maximum Gasteiger partial charge on any atom is 0.245 e. The van der Waals surface area contributed by atoms with E-state index in [9.17, 15) is 9.59 Å². The SMILES string of the molecule is CC1CCCC(CCN2CCC(=O)NC(C(C)C)C2=O)C1. The zero-order chi connectivity index (χ0) is 15.4. The molecule has 1 heterocycles. The minimum Gasteiger partial charge on any atom is -0.344 e. The van der Waals surface area contributed by atoms with Crippen molar-refractivity contribution in [1.29, 1.82) is 0 Å². The van der Waals surface area contributed by atoms with Gasteiger partial charge in [-0.1, -0.05) is 40.0 Å². The van der Waals surface area contributed by atoms with E-state index in [2.05, 4.69) is 12.2 Å². The second kappa shape index (κ2) is 7.28. The van der Waals surface area contributed by atoms with Crippen LogP contribution in [0.4, 0.5) is 0 Å². The van der Waals surface area contributed by atoms with Crippen LogP contribution in [0.15, 0.2) is 0 Å². The monoisotopic (exact) mass is 294 g/mol. The molecule has 0 spiro atoms. The summed E-state index contributed by atoms with van der Waals surface area (Å²) in [6.45, 7) is 7.72. The highest BCUT2D eigenvalue weighted by molar-refractivity contribution is 5.90. The number of hydrogen-bond acceptors (Lipinski definition) is 2. The van der Waals surface area contributed by atoms with Gasteiger partial charge in [0.05, 0.1) is 0 Å². The largest absolute Gasteiger partial charge is 0.344 e. The second-order valence-electron chi connectivity index (χ2n) is 7.29. The number of amides is 2. The van der Waals surface area contributed by atoms with E-state index in [-0.39, 0.29) is 23.8 Å². The summed E-state index contributed by atoms with van der Waals surface area (Å²) >= 11 is 0. The number of hydrogen-bond donors (Lipinski definition) is 1. The lowest BCUT2D eigenvalue weighted by Gasteiger charge is -2.30. The fraction of sp³-hybridized carbons (Fsp3) is 0.882. The Morgan fingerprint density at radius 2 is 2.05 bits per heavy atom. The van der Waals surface area contributed by atoms with Crippen molar-refractivity contribution in [3.63, 3.8) is 0 Å². The minimum absolute atomic E-state index is 0.0100. The molecule has 3 unspecified atom stereocenters.